The summed E-state index contributed by atoms with van der Waals surface area (Å²) >= 11 is 0. The Kier molecular flexibility index (Phi) is 14.5. The number of hydrogen-bond acceptors (Lipinski definition) is 2. The van der Waals surface area contributed by atoms with Crippen LogP contribution in [0.3, 0.4) is 0 Å². The van der Waals surface area contributed by atoms with E-state index in [-0.39, 0.29) is 5.91 Å². The van der Waals surface area contributed by atoms with Crippen molar-refractivity contribution in [2.75, 3.05) is 6.54 Å². The number of nitrogens with one attached hydrogen (secondary N) is 1. The maximum Gasteiger partial charge on any atom is 0.216 e. The summed E-state index contributed by atoms with van der Waals surface area (Å²) in [6.45, 7) is 2.40. The number of rotatable bonds is 14. The van der Waals surface area contributed by atoms with Gasteiger partial charge in [-0.2, -0.15) is 0 Å². The van der Waals surface area contributed by atoms with Gasteiger partial charge in [0.15, 0.2) is 0 Å². The molecule has 0 aromatic carbocycles. The van der Waals surface area contributed by atoms with Crippen LogP contribution >= 0.6 is 0 Å². The van der Waals surface area contributed by atoms with E-state index in [1.807, 2.05) is 0 Å². The number of aldehydes is 1. The Morgan fingerprint density at radius 3 is 1.63 bits per heavy atom. The van der Waals surface area contributed by atoms with Crippen LogP contribution in [-0.2, 0) is 9.59 Å². The highest BCUT2D eigenvalue weighted by Gasteiger charge is 1.94. The van der Waals surface area contributed by atoms with Gasteiger partial charge in [0.2, 0.25) is 5.91 Å². The minimum atomic E-state index is 0.0770. The van der Waals surface area contributed by atoms with Gasteiger partial charge < -0.3 is 10.1 Å². The van der Waals surface area contributed by atoms with E-state index in [4.69, 9.17) is 0 Å². The molecule has 0 unspecified atom stereocenters. The molecule has 0 heterocycles. The number of carbonyl (C=O) groups is 2. The van der Waals surface area contributed by atoms with E-state index >= 15 is 0 Å². The van der Waals surface area contributed by atoms with Crippen molar-refractivity contribution in [1.82, 2.24) is 5.32 Å². The van der Waals surface area contributed by atoms with E-state index in [2.05, 4.69) is 5.32 Å². The molecule has 0 aromatic heterocycles. The highest BCUT2D eigenvalue weighted by atomic mass is 16.1. The third kappa shape index (κ3) is 17.1. The molecule has 0 bridgehead atoms. The molecule has 0 aliphatic heterocycles. The van der Waals surface area contributed by atoms with Gasteiger partial charge in [0, 0.05) is 19.9 Å². The van der Waals surface area contributed by atoms with Crippen LogP contribution in [0.2, 0.25) is 0 Å². The standard InChI is InChI=1S/C16H31NO2/c1-16(19)17-14-12-10-8-6-4-2-3-5-7-9-11-13-15-18/h15H,2-14H2,1H3,(H,17,19). The highest BCUT2D eigenvalue weighted by Crippen LogP contribution is 2.11. The van der Waals surface area contributed by atoms with Crippen LogP contribution < -0.4 is 5.32 Å². The number of amides is 1. The van der Waals surface area contributed by atoms with Crippen LogP contribution in [0.1, 0.15) is 84.0 Å². The largest absolute Gasteiger partial charge is 0.356 e. The molecular weight excluding hydrogens is 238 g/mol. The molecule has 1 amide bonds. The van der Waals surface area contributed by atoms with Crippen molar-refractivity contribution >= 4 is 12.2 Å². The fourth-order valence-corrected chi connectivity index (χ4v) is 2.21. The summed E-state index contributed by atoms with van der Waals surface area (Å²) < 4.78 is 0. The zero-order chi connectivity index (χ0) is 14.2. The van der Waals surface area contributed by atoms with Crippen molar-refractivity contribution in [3.8, 4) is 0 Å². The first-order chi connectivity index (χ1) is 9.27. The minimum absolute atomic E-state index is 0.0770. The molecule has 19 heavy (non-hydrogen) atoms. The Morgan fingerprint density at radius 2 is 1.21 bits per heavy atom. The molecule has 3 nitrogen and oxygen atoms in total. The molecule has 0 aliphatic rings. The second-order valence-corrected chi connectivity index (χ2v) is 5.33. The van der Waals surface area contributed by atoms with E-state index in [9.17, 15) is 9.59 Å². The number of unbranched alkanes of at least 4 members (excludes halogenated alkanes) is 11. The second-order valence-electron chi connectivity index (χ2n) is 5.33. The van der Waals surface area contributed by atoms with Gasteiger partial charge in [-0.15, -0.1) is 0 Å². The van der Waals surface area contributed by atoms with Crippen molar-refractivity contribution in [2.24, 2.45) is 0 Å². The summed E-state index contributed by atoms with van der Waals surface area (Å²) in [7, 11) is 0. The van der Waals surface area contributed by atoms with Crippen LogP contribution in [0.4, 0.5) is 0 Å². The molecular formula is C16H31NO2. The molecule has 0 aromatic rings. The summed E-state index contributed by atoms with van der Waals surface area (Å²) in [5.74, 6) is 0.0770. The lowest BCUT2D eigenvalue weighted by atomic mass is 10.1. The van der Waals surface area contributed by atoms with Gasteiger partial charge in [-0.1, -0.05) is 57.8 Å². The van der Waals surface area contributed by atoms with Crippen LogP contribution in [0.15, 0.2) is 0 Å². The first-order valence-corrected chi connectivity index (χ1v) is 7.95. The zero-order valence-electron chi connectivity index (χ0n) is 12.6. The van der Waals surface area contributed by atoms with Gasteiger partial charge in [-0.25, -0.2) is 0 Å². The molecule has 0 fully saturated rings. The van der Waals surface area contributed by atoms with Gasteiger partial charge >= 0.3 is 0 Å². The maximum atomic E-state index is 10.6. The van der Waals surface area contributed by atoms with Crippen molar-refractivity contribution in [2.45, 2.75) is 84.0 Å². The maximum absolute atomic E-state index is 10.6. The molecule has 0 radical (unpaired) electrons. The molecule has 0 atom stereocenters. The van der Waals surface area contributed by atoms with Crippen molar-refractivity contribution in [3.63, 3.8) is 0 Å². The van der Waals surface area contributed by atoms with Gasteiger partial charge in [0.25, 0.3) is 0 Å². The van der Waals surface area contributed by atoms with Crippen LogP contribution in [0.25, 0.3) is 0 Å². The highest BCUT2D eigenvalue weighted by molar-refractivity contribution is 5.72. The lowest BCUT2D eigenvalue weighted by molar-refractivity contribution is -0.119. The van der Waals surface area contributed by atoms with E-state index < -0.39 is 0 Å². The van der Waals surface area contributed by atoms with Crippen molar-refractivity contribution in [3.05, 3.63) is 0 Å². The lowest BCUT2D eigenvalue weighted by Gasteiger charge is -2.03. The fourth-order valence-electron chi connectivity index (χ4n) is 2.21. The average Bonchev–Trinajstić information content (AvgIpc) is 2.39. The molecule has 0 saturated heterocycles. The molecule has 112 valence electrons. The van der Waals surface area contributed by atoms with Crippen LogP contribution in [-0.4, -0.2) is 18.7 Å². The predicted molar refractivity (Wildman–Crippen MR) is 80.2 cm³/mol. The van der Waals surface area contributed by atoms with Gasteiger partial charge in [0.1, 0.15) is 6.29 Å². The molecule has 0 rings (SSSR count). The molecule has 1 N–H and O–H groups in total. The van der Waals surface area contributed by atoms with Crippen molar-refractivity contribution < 1.29 is 9.59 Å². The Balaban J connectivity index is 2.95. The molecule has 3 heteroatoms. The monoisotopic (exact) mass is 269 g/mol. The Hall–Kier alpha value is -0.860. The summed E-state index contributed by atoms with van der Waals surface area (Å²) in [4.78, 5) is 20.8. The van der Waals surface area contributed by atoms with Gasteiger partial charge in [-0.3, -0.25) is 4.79 Å². The van der Waals surface area contributed by atoms with Crippen LogP contribution in [0.5, 0.6) is 0 Å². The third-order valence-corrected chi connectivity index (χ3v) is 3.37. The zero-order valence-corrected chi connectivity index (χ0v) is 12.6. The normalized spacial score (nSPS) is 10.4. The quantitative estimate of drug-likeness (QED) is 0.382. The number of hydrogen-bond donors (Lipinski definition) is 1. The Bertz CT molecular complexity index is 217. The minimum Gasteiger partial charge on any atom is -0.356 e. The Labute approximate surface area is 118 Å². The molecule has 0 saturated carbocycles. The first-order valence-electron chi connectivity index (χ1n) is 7.95. The fraction of sp³-hybridized carbons (Fsp3) is 0.875. The van der Waals surface area contributed by atoms with E-state index in [0.29, 0.717) is 0 Å². The SMILES string of the molecule is CC(=O)NCCCCCCCCCCCCCC=O. The third-order valence-electron chi connectivity index (χ3n) is 3.37. The topological polar surface area (TPSA) is 46.2 Å². The van der Waals surface area contributed by atoms with E-state index in [1.165, 1.54) is 57.8 Å². The van der Waals surface area contributed by atoms with Gasteiger partial charge in [-0.05, 0) is 12.8 Å². The first kappa shape index (κ1) is 18.1. The molecule has 0 aliphatic carbocycles. The summed E-state index contributed by atoms with van der Waals surface area (Å²) in [5.41, 5.74) is 0. The van der Waals surface area contributed by atoms with Crippen LogP contribution in [0, 0.1) is 0 Å². The Morgan fingerprint density at radius 1 is 0.789 bits per heavy atom. The molecule has 0 spiro atoms. The number of carbonyl (C=O) groups excluding carboxylic acids is 2. The summed E-state index contributed by atoms with van der Waals surface area (Å²) in [6.07, 6.45) is 15.6. The lowest BCUT2D eigenvalue weighted by Crippen LogP contribution is -2.20. The smallest absolute Gasteiger partial charge is 0.216 e. The van der Waals surface area contributed by atoms with E-state index in [1.54, 1.807) is 6.92 Å². The average molecular weight is 269 g/mol. The summed E-state index contributed by atoms with van der Waals surface area (Å²) in [6, 6.07) is 0. The van der Waals surface area contributed by atoms with Gasteiger partial charge in [0.05, 0.1) is 0 Å². The van der Waals surface area contributed by atoms with Crippen molar-refractivity contribution in [1.29, 1.82) is 0 Å². The van der Waals surface area contributed by atoms with E-state index in [0.717, 1.165) is 32.1 Å². The second kappa shape index (κ2) is 15.2. The predicted octanol–water partition coefficient (Wildman–Crippen LogP) is 4.00. The summed E-state index contributed by atoms with van der Waals surface area (Å²) in [5, 5.41) is 2.82.